The van der Waals surface area contributed by atoms with E-state index in [0.29, 0.717) is 24.4 Å². The van der Waals surface area contributed by atoms with Gasteiger partial charge in [0.05, 0.1) is 0 Å². The fourth-order valence-electron chi connectivity index (χ4n) is 1.91. The van der Waals surface area contributed by atoms with Gasteiger partial charge in [0, 0.05) is 6.42 Å². The van der Waals surface area contributed by atoms with Gasteiger partial charge in [-0.1, -0.05) is 0 Å². The zero-order valence-corrected chi connectivity index (χ0v) is 12.9. The number of amides is 3. The minimum Gasteiger partial charge on any atom is -0.481 e. The molecule has 138 valence electrons. The van der Waals surface area contributed by atoms with E-state index in [-0.39, 0.29) is 6.42 Å². The molecule has 0 radical (unpaired) electrons. The number of unbranched alkanes of at least 4 members (excludes halogenated alkanes) is 1. The van der Waals surface area contributed by atoms with E-state index >= 15 is 0 Å². The molecular weight excluding hydrogens is 329 g/mol. The minimum atomic E-state index is -1.65. The van der Waals surface area contributed by atoms with Crippen molar-refractivity contribution in [2.75, 3.05) is 6.54 Å². The van der Waals surface area contributed by atoms with Crippen LogP contribution in [0, 0.1) is 0 Å². The normalized spacial score (nSPS) is 12.9. The largest absolute Gasteiger partial charge is 0.481 e. The van der Waals surface area contributed by atoms with Crippen molar-refractivity contribution >= 4 is 23.9 Å². The number of hydrogen-bond donors (Lipinski definition) is 6. The third-order valence-corrected chi connectivity index (χ3v) is 3.07. The number of aliphatic carboxylic acids is 2. The summed E-state index contributed by atoms with van der Waals surface area (Å²) < 4.78 is 12.8. The van der Waals surface area contributed by atoms with E-state index in [1.807, 2.05) is 5.43 Å². The Morgan fingerprint density at radius 1 is 1.12 bits per heavy atom. The zero-order valence-electron chi connectivity index (χ0n) is 12.9. The third-order valence-electron chi connectivity index (χ3n) is 3.07. The van der Waals surface area contributed by atoms with E-state index in [1.54, 1.807) is 0 Å². The number of carbonyl (C=O) groups excluding carboxylic acids is 2. The number of carboxylic acid groups (broad SMARTS) is 2. The fraction of sp³-hybridized carbons (Fsp3) is 0.667. The molecule has 0 unspecified atom stereocenters. The molecular formula is C12H22FN5O6. The predicted octanol–water partition coefficient (Wildman–Crippen LogP) is -1.31. The molecule has 8 N–H and O–H groups in total. The van der Waals surface area contributed by atoms with Crippen LogP contribution in [0.5, 0.6) is 0 Å². The summed E-state index contributed by atoms with van der Waals surface area (Å²) in [7, 11) is 0. The van der Waals surface area contributed by atoms with E-state index in [0.717, 1.165) is 5.54 Å². The SMILES string of the molecule is NCCCC[C@@H](C(=O)O)N(NC(N)=O)C(=O)[C@H](CCC(=O)O)NF. The Morgan fingerprint density at radius 2 is 1.75 bits per heavy atom. The molecule has 0 rings (SSSR count). The van der Waals surface area contributed by atoms with Gasteiger partial charge < -0.3 is 21.7 Å². The Bertz CT molecular complexity index is 463. The number of carbonyl (C=O) groups is 4. The lowest BCUT2D eigenvalue weighted by molar-refractivity contribution is -0.154. The third kappa shape index (κ3) is 7.69. The summed E-state index contributed by atoms with van der Waals surface area (Å²) in [4.78, 5) is 45.2. The van der Waals surface area contributed by atoms with Crippen molar-refractivity contribution in [3.05, 3.63) is 0 Å². The first-order valence-electron chi connectivity index (χ1n) is 7.14. The van der Waals surface area contributed by atoms with Crippen LogP contribution in [0.4, 0.5) is 9.28 Å². The van der Waals surface area contributed by atoms with Gasteiger partial charge in [0.15, 0.2) is 6.04 Å². The minimum absolute atomic E-state index is 0.0590. The second-order valence-corrected chi connectivity index (χ2v) is 4.92. The lowest BCUT2D eigenvalue weighted by atomic mass is 10.1. The van der Waals surface area contributed by atoms with Gasteiger partial charge in [-0.3, -0.25) is 9.59 Å². The number of nitrogens with zero attached hydrogens (tertiary/aromatic N) is 1. The van der Waals surface area contributed by atoms with Crippen LogP contribution in [-0.2, 0) is 14.4 Å². The fourth-order valence-corrected chi connectivity index (χ4v) is 1.91. The molecule has 0 spiro atoms. The van der Waals surface area contributed by atoms with Crippen LogP contribution < -0.4 is 22.4 Å². The number of nitrogens with two attached hydrogens (primary N) is 2. The summed E-state index contributed by atoms with van der Waals surface area (Å²) in [6, 6.07) is -4.37. The first-order chi connectivity index (χ1) is 11.2. The highest BCUT2D eigenvalue weighted by Crippen LogP contribution is 2.11. The van der Waals surface area contributed by atoms with E-state index in [4.69, 9.17) is 16.6 Å². The van der Waals surface area contributed by atoms with Crippen LogP contribution in [0.25, 0.3) is 0 Å². The molecule has 0 heterocycles. The Balaban J connectivity index is 5.28. The number of primary amides is 1. The number of rotatable bonds is 11. The van der Waals surface area contributed by atoms with Gasteiger partial charge in [-0.25, -0.2) is 20.0 Å². The number of nitrogens with one attached hydrogen (secondary N) is 2. The molecule has 24 heavy (non-hydrogen) atoms. The molecule has 0 aromatic rings. The smallest absolute Gasteiger partial charge is 0.331 e. The quantitative estimate of drug-likeness (QED) is 0.150. The second-order valence-electron chi connectivity index (χ2n) is 4.92. The van der Waals surface area contributed by atoms with E-state index in [1.165, 1.54) is 0 Å². The monoisotopic (exact) mass is 351 g/mol. The van der Waals surface area contributed by atoms with Crippen molar-refractivity contribution in [2.45, 2.75) is 44.2 Å². The van der Waals surface area contributed by atoms with Crippen molar-refractivity contribution in [1.82, 2.24) is 16.0 Å². The molecule has 0 saturated heterocycles. The van der Waals surface area contributed by atoms with Crippen LogP contribution in [0.15, 0.2) is 0 Å². The van der Waals surface area contributed by atoms with Crippen LogP contribution >= 0.6 is 0 Å². The highest BCUT2D eigenvalue weighted by atomic mass is 19.2. The zero-order chi connectivity index (χ0) is 18.7. The molecule has 0 aromatic heterocycles. The number of hydrogen-bond acceptors (Lipinski definition) is 6. The average molecular weight is 351 g/mol. The first-order valence-corrected chi connectivity index (χ1v) is 7.14. The maximum absolute atomic E-state index is 12.8. The van der Waals surface area contributed by atoms with E-state index in [9.17, 15) is 28.8 Å². The molecule has 0 aliphatic heterocycles. The Kier molecular flexibility index (Phi) is 9.98. The highest BCUT2D eigenvalue weighted by Gasteiger charge is 2.35. The summed E-state index contributed by atoms with van der Waals surface area (Å²) in [6.07, 6.45) is -0.234. The van der Waals surface area contributed by atoms with Gasteiger partial charge in [0.25, 0.3) is 5.91 Å². The van der Waals surface area contributed by atoms with Gasteiger partial charge in [-0.05, 0) is 32.2 Å². The molecule has 0 bridgehead atoms. The van der Waals surface area contributed by atoms with Crippen LogP contribution in [0.1, 0.15) is 32.1 Å². The summed E-state index contributed by atoms with van der Waals surface area (Å²) in [5, 5.41) is 18.2. The standard InChI is InChI=1S/C12H22FN5O6/c13-16-7(4-5-9(19)20)10(21)18(17-12(15)24)8(11(22)23)3-1-2-6-14/h7-8,16H,1-6,14H2,(H,19,20)(H,22,23)(H3,15,17,24)/t7-,8-/m0/s1. The van der Waals surface area contributed by atoms with E-state index < -0.39 is 48.8 Å². The van der Waals surface area contributed by atoms with Crippen LogP contribution in [0.2, 0.25) is 0 Å². The highest BCUT2D eigenvalue weighted by molar-refractivity contribution is 5.89. The van der Waals surface area contributed by atoms with Gasteiger partial charge in [-0.15, -0.1) is 10.0 Å². The number of halogens is 1. The van der Waals surface area contributed by atoms with Gasteiger partial charge in [-0.2, -0.15) is 0 Å². The summed E-state index contributed by atoms with van der Waals surface area (Å²) in [6.45, 7) is 0.302. The Morgan fingerprint density at radius 3 is 2.17 bits per heavy atom. The lowest BCUT2D eigenvalue weighted by Crippen LogP contribution is -2.60. The lowest BCUT2D eigenvalue weighted by Gasteiger charge is -2.30. The van der Waals surface area contributed by atoms with Gasteiger partial charge in [0.2, 0.25) is 0 Å². The molecule has 2 atom stereocenters. The molecule has 0 aromatic carbocycles. The van der Waals surface area contributed by atoms with Crippen molar-refractivity contribution in [2.24, 2.45) is 11.5 Å². The van der Waals surface area contributed by atoms with Crippen LogP contribution in [0.3, 0.4) is 0 Å². The van der Waals surface area contributed by atoms with Crippen molar-refractivity contribution in [3.8, 4) is 0 Å². The molecule has 0 saturated carbocycles. The van der Waals surface area contributed by atoms with Gasteiger partial charge in [0.1, 0.15) is 6.04 Å². The van der Waals surface area contributed by atoms with Crippen molar-refractivity contribution < 1.29 is 33.9 Å². The maximum atomic E-state index is 12.8. The molecule has 11 nitrogen and oxygen atoms in total. The number of hydrazine groups is 1. The molecule has 12 heteroatoms. The summed E-state index contributed by atoms with van der Waals surface area (Å²) >= 11 is 0. The summed E-state index contributed by atoms with van der Waals surface area (Å²) in [5.74, 6) is -3.86. The molecule has 0 aliphatic rings. The average Bonchev–Trinajstić information content (AvgIpc) is 2.49. The molecule has 0 fully saturated rings. The Labute approximate surface area is 137 Å². The summed E-state index contributed by atoms with van der Waals surface area (Å²) in [5.41, 5.74) is 13.2. The number of carboxylic acids is 2. The first kappa shape index (κ1) is 21.5. The second kappa shape index (κ2) is 11.1. The van der Waals surface area contributed by atoms with E-state index in [2.05, 4.69) is 0 Å². The Hall–Kier alpha value is -2.47. The maximum Gasteiger partial charge on any atom is 0.331 e. The predicted molar refractivity (Wildman–Crippen MR) is 78.8 cm³/mol. The topological polar surface area (TPSA) is 188 Å². The van der Waals surface area contributed by atoms with Crippen LogP contribution in [-0.4, -0.2) is 57.7 Å². The molecule has 0 aliphatic carbocycles. The van der Waals surface area contributed by atoms with Gasteiger partial charge >= 0.3 is 18.0 Å². The van der Waals surface area contributed by atoms with Crippen molar-refractivity contribution in [1.29, 1.82) is 0 Å². The van der Waals surface area contributed by atoms with Crippen molar-refractivity contribution in [3.63, 3.8) is 0 Å². The number of urea groups is 1. The molecule has 3 amide bonds.